The van der Waals surface area contributed by atoms with Gasteiger partial charge in [0.2, 0.25) is 5.91 Å². The lowest BCUT2D eigenvalue weighted by atomic mass is 9.74. The second-order valence-corrected chi connectivity index (χ2v) is 5.85. The maximum atomic E-state index is 12.0. The van der Waals surface area contributed by atoms with Crippen LogP contribution in [0.2, 0.25) is 0 Å². The summed E-state index contributed by atoms with van der Waals surface area (Å²) < 4.78 is 0. The SMILES string of the molecule is NCC1(CNC(=O)Cc2ccccc2O)CCCCC1. The van der Waals surface area contributed by atoms with Gasteiger partial charge in [0, 0.05) is 12.1 Å². The number of rotatable bonds is 5. The number of benzene rings is 1. The van der Waals surface area contributed by atoms with Crippen LogP contribution in [0.15, 0.2) is 24.3 Å². The molecule has 1 amide bonds. The van der Waals surface area contributed by atoms with E-state index >= 15 is 0 Å². The summed E-state index contributed by atoms with van der Waals surface area (Å²) in [4.78, 5) is 12.0. The Kier molecular flexibility index (Phi) is 5.01. The Hall–Kier alpha value is -1.55. The molecular weight excluding hydrogens is 252 g/mol. The molecule has 1 aromatic rings. The summed E-state index contributed by atoms with van der Waals surface area (Å²) in [6, 6.07) is 6.95. The van der Waals surface area contributed by atoms with E-state index in [9.17, 15) is 9.90 Å². The number of amides is 1. The maximum absolute atomic E-state index is 12.0. The van der Waals surface area contributed by atoms with Gasteiger partial charge in [-0.15, -0.1) is 0 Å². The first-order chi connectivity index (χ1) is 9.65. The van der Waals surface area contributed by atoms with Crippen LogP contribution < -0.4 is 11.1 Å². The fourth-order valence-corrected chi connectivity index (χ4v) is 2.94. The van der Waals surface area contributed by atoms with Crippen molar-refractivity contribution in [2.24, 2.45) is 11.1 Å². The zero-order valence-electron chi connectivity index (χ0n) is 11.9. The largest absolute Gasteiger partial charge is 0.508 e. The summed E-state index contributed by atoms with van der Waals surface area (Å²) in [5.41, 5.74) is 6.65. The Bertz CT molecular complexity index is 454. The van der Waals surface area contributed by atoms with Crippen molar-refractivity contribution in [3.63, 3.8) is 0 Å². The first-order valence-electron chi connectivity index (χ1n) is 7.39. The van der Waals surface area contributed by atoms with E-state index in [-0.39, 0.29) is 23.5 Å². The Morgan fingerprint density at radius 2 is 1.95 bits per heavy atom. The number of phenols is 1. The van der Waals surface area contributed by atoms with Gasteiger partial charge in [-0.2, -0.15) is 0 Å². The van der Waals surface area contributed by atoms with Crippen molar-refractivity contribution < 1.29 is 9.90 Å². The second-order valence-electron chi connectivity index (χ2n) is 5.85. The van der Waals surface area contributed by atoms with E-state index in [1.165, 1.54) is 19.3 Å². The Morgan fingerprint density at radius 3 is 2.60 bits per heavy atom. The number of nitrogens with two attached hydrogens (primary N) is 1. The van der Waals surface area contributed by atoms with Crippen molar-refractivity contribution in [2.75, 3.05) is 13.1 Å². The number of aromatic hydroxyl groups is 1. The van der Waals surface area contributed by atoms with Crippen LogP contribution in [0.1, 0.15) is 37.7 Å². The van der Waals surface area contributed by atoms with Gasteiger partial charge in [0.05, 0.1) is 6.42 Å². The number of carbonyl (C=O) groups is 1. The molecule has 4 heteroatoms. The van der Waals surface area contributed by atoms with Gasteiger partial charge in [0.15, 0.2) is 0 Å². The molecule has 1 fully saturated rings. The normalized spacial score (nSPS) is 17.6. The molecule has 1 saturated carbocycles. The lowest BCUT2D eigenvalue weighted by Crippen LogP contribution is -2.44. The average molecular weight is 276 g/mol. The first kappa shape index (κ1) is 14.9. The molecule has 2 rings (SSSR count). The van der Waals surface area contributed by atoms with E-state index in [1.807, 2.05) is 6.07 Å². The molecule has 20 heavy (non-hydrogen) atoms. The Labute approximate surface area is 120 Å². The van der Waals surface area contributed by atoms with E-state index in [2.05, 4.69) is 5.32 Å². The van der Waals surface area contributed by atoms with Crippen molar-refractivity contribution in [1.82, 2.24) is 5.32 Å². The van der Waals surface area contributed by atoms with Crippen LogP contribution in [0, 0.1) is 5.41 Å². The number of phenolic OH excluding ortho intramolecular Hbond substituents is 1. The first-order valence-corrected chi connectivity index (χ1v) is 7.39. The van der Waals surface area contributed by atoms with Crippen LogP contribution in [-0.4, -0.2) is 24.1 Å². The molecule has 110 valence electrons. The summed E-state index contributed by atoms with van der Waals surface area (Å²) >= 11 is 0. The van der Waals surface area contributed by atoms with Gasteiger partial charge in [-0.25, -0.2) is 0 Å². The van der Waals surface area contributed by atoms with Crippen LogP contribution in [0.25, 0.3) is 0 Å². The molecular formula is C16H24N2O2. The summed E-state index contributed by atoms with van der Waals surface area (Å²) in [5.74, 6) is 0.124. The Morgan fingerprint density at radius 1 is 1.25 bits per heavy atom. The van der Waals surface area contributed by atoms with Gasteiger partial charge < -0.3 is 16.2 Å². The molecule has 0 radical (unpaired) electrons. The third-order valence-electron chi connectivity index (χ3n) is 4.35. The molecule has 1 aliphatic carbocycles. The number of para-hydroxylation sites is 1. The summed E-state index contributed by atoms with van der Waals surface area (Å²) in [5, 5.41) is 12.7. The van der Waals surface area contributed by atoms with E-state index in [1.54, 1.807) is 18.2 Å². The van der Waals surface area contributed by atoms with Crippen LogP contribution in [0.3, 0.4) is 0 Å². The van der Waals surface area contributed by atoms with Crippen LogP contribution >= 0.6 is 0 Å². The predicted octanol–water partition coefficient (Wildman–Crippen LogP) is 1.96. The molecule has 0 heterocycles. The number of hydrogen-bond donors (Lipinski definition) is 3. The minimum absolute atomic E-state index is 0.0510. The number of carbonyl (C=O) groups excluding carboxylic acids is 1. The predicted molar refractivity (Wildman–Crippen MR) is 79.4 cm³/mol. The third kappa shape index (κ3) is 3.73. The van der Waals surface area contributed by atoms with E-state index < -0.39 is 0 Å². The van der Waals surface area contributed by atoms with Gasteiger partial charge in [-0.1, -0.05) is 37.5 Å². The highest BCUT2D eigenvalue weighted by atomic mass is 16.3. The molecule has 0 bridgehead atoms. The zero-order chi connectivity index (χ0) is 14.4. The topological polar surface area (TPSA) is 75.3 Å². The zero-order valence-corrected chi connectivity index (χ0v) is 11.9. The summed E-state index contributed by atoms with van der Waals surface area (Å²) in [6.45, 7) is 1.28. The van der Waals surface area contributed by atoms with E-state index in [0.29, 0.717) is 18.7 Å². The van der Waals surface area contributed by atoms with Crippen molar-refractivity contribution >= 4 is 5.91 Å². The number of hydrogen-bond acceptors (Lipinski definition) is 3. The molecule has 0 aromatic heterocycles. The van der Waals surface area contributed by atoms with Crippen molar-refractivity contribution in [2.45, 2.75) is 38.5 Å². The average Bonchev–Trinajstić information content (AvgIpc) is 2.49. The highest BCUT2D eigenvalue weighted by Crippen LogP contribution is 2.34. The van der Waals surface area contributed by atoms with E-state index in [4.69, 9.17) is 5.73 Å². The standard InChI is InChI=1S/C16H24N2O2/c17-11-16(8-4-1-5-9-16)12-18-15(20)10-13-6-2-3-7-14(13)19/h2-3,6-7,19H,1,4-5,8-12,17H2,(H,18,20). The van der Waals surface area contributed by atoms with Gasteiger partial charge in [-0.05, 0) is 30.9 Å². The molecule has 1 aliphatic rings. The van der Waals surface area contributed by atoms with Crippen LogP contribution in [0.4, 0.5) is 0 Å². The third-order valence-corrected chi connectivity index (χ3v) is 4.35. The maximum Gasteiger partial charge on any atom is 0.224 e. The lowest BCUT2D eigenvalue weighted by Gasteiger charge is -2.36. The fraction of sp³-hybridized carbons (Fsp3) is 0.562. The highest BCUT2D eigenvalue weighted by molar-refractivity contribution is 5.79. The van der Waals surface area contributed by atoms with Crippen molar-refractivity contribution in [1.29, 1.82) is 0 Å². The van der Waals surface area contributed by atoms with Gasteiger partial charge in [0.1, 0.15) is 5.75 Å². The van der Waals surface area contributed by atoms with Gasteiger partial charge in [-0.3, -0.25) is 4.79 Å². The van der Waals surface area contributed by atoms with Gasteiger partial charge in [0.25, 0.3) is 0 Å². The molecule has 0 atom stereocenters. The van der Waals surface area contributed by atoms with Crippen molar-refractivity contribution in [3.8, 4) is 5.75 Å². The summed E-state index contributed by atoms with van der Waals surface area (Å²) in [7, 11) is 0. The molecule has 4 nitrogen and oxygen atoms in total. The quantitative estimate of drug-likeness (QED) is 0.769. The lowest BCUT2D eigenvalue weighted by molar-refractivity contribution is -0.121. The molecule has 1 aromatic carbocycles. The second kappa shape index (κ2) is 6.75. The summed E-state index contributed by atoms with van der Waals surface area (Å²) in [6.07, 6.45) is 6.08. The smallest absolute Gasteiger partial charge is 0.224 e. The van der Waals surface area contributed by atoms with Crippen LogP contribution in [0.5, 0.6) is 5.75 Å². The molecule has 4 N–H and O–H groups in total. The monoisotopic (exact) mass is 276 g/mol. The molecule has 0 saturated heterocycles. The molecule has 0 unspecified atom stereocenters. The van der Waals surface area contributed by atoms with Crippen molar-refractivity contribution in [3.05, 3.63) is 29.8 Å². The minimum atomic E-state index is -0.0510. The van der Waals surface area contributed by atoms with Gasteiger partial charge >= 0.3 is 0 Å². The number of nitrogens with one attached hydrogen (secondary N) is 1. The van der Waals surface area contributed by atoms with E-state index in [0.717, 1.165) is 12.8 Å². The minimum Gasteiger partial charge on any atom is -0.508 e. The fourth-order valence-electron chi connectivity index (χ4n) is 2.94. The highest BCUT2D eigenvalue weighted by Gasteiger charge is 2.30. The molecule has 0 aliphatic heterocycles. The molecule has 0 spiro atoms. The van der Waals surface area contributed by atoms with Crippen LogP contribution in [-0.2, 0) is 11.2 Å². The Balaban J connectivity index is 1.87.